The van der Waals surface area contributed by atoms with Crippen molar-refractivity contribution in [2.24, 2.45) is 0 Å². The van der Waals surface area contributed by atoms with Crippen LogP contribution in [-0.2, 0) is 0 Å². The van der Waals surface area contributed by atoms with Crippen molar-refractivity contribution in [3.8, 4) is 0 Å². The predicted molar refractivity (Wildman–Crippen MR) is 68.1 cm³/mol. The third-order valence-electron chi connectivity index (χ3n) is 2.15. The van der Waals surface area contributed by atoms with Gasteiger partial charge in [-0.05, 0) is 25.5 Å². The molecule has 0 atom stereocenters. The maximum absolute atomic E-state index is 2.45. The van der Waals surface area contributed by atoms with Gasteiger partial charge in [0.15, 0.2) is 0 Å². The van der Waals surface area contributed by atoms with Crippen LogP contribution in [0, 0.1) is 0 Å². The van der Waals surface area contributed by atoms with E-state index in [1.807, 2.05) is 0 Å². The molecule has 0 bridgehead atoms. The van der Waals surface area contributed by atoms with Gasteiger partial charge in [-0.1, -0.05) is 39.7 Å². The van der Waals surface area contributed by atoms with Crippen molar-refractivity contribution >= 4 is 12.4 Å². The van der Waals surface area contributed by atoms with Crippen molar-refractivity contribution in [1.29, 1.82) is 0 Å². The topological polar surface area (TPSA) is 3.24 Å². The van der Waals surface area contributed by atoms with Crippen LogP contribution in [0.3, 0.4) is 0 Å². The molecule has 0 aromatic carbocycles. The van der Waals surface area contributed by atoms with Crippen molar-refractivity contribution in [3.63, 3.8) is 0 Å². The first-order valence-corrected chi connectivity index (χ1v) is 5.75. The first-order valence-electron chi connectivity index (χ1n) is 5.75. The molecule has 0 radical (unpaired) electrons. The fourth-order valence-electron chi connectivity index (χ4n) is 1.24. The Morgan fingerprint density at radius 1 is 0.929 bits per heavy atom. The molecule has 0 saturated carbocycles. The zero-order valence-electron chi connectivity index (χ0n) is 9.96. The van der Waals surface area contributed by atoms with Crippen LogP contribution in [-0.4, -0.2) is 18.0 Å². The fourth-order valence-corrected chi connectivity index (χ4v) is 1.24. The van der Waals surface area contributed by atoms with E-state index in [4.69, 9.17) is 0 Å². The number of halogens is 1. The van der Waals surface area contributed by atoms with Gasteiger partial charge in [-0.2, -0.15) is 0 Å². The first-order chi connectivity index (χ1) is 6.35. The number of allylic oxidation sites excluding steroid dienone is 1. The SMILES string of the molecule is CCC=CN(CCCC)CCCC.Cl. The lowest BCUT2D eigenvalue weighted by atomic mass is 10.2. The van der Waals surface area contributed by atoms with E-state index in [0.717, 1.165) is 6.42 Å². The lowest BCUT2D eigenvalue weighted by Crippen LogP contribution is -2.19. The molecule has 0 saturated heterocycles. The molecule has 2 heteroatoms. The summed E-state index contributed by atoms with van der Waals surface area (Å²) < 4.78 is 0. The largest absolute Gasteiger partial charge is 0.378 e. The third kappa shape index (κ3) is 9.91. The van der Waals surface area contributed by atoms with Crippen LogP contribution in [0.4, 0.5) is 0 Å². The molecule has 0 aliphatic rings. The Kier molecular flexibility index (Phi) is 14.9. The highest BCUT2D eigenvalue weighted by molar-refractivity contribution is 5.85. The highest BCUT2D eigenvalue weighted by Gasteiger charge is 1.96. The minimum Gasteiger partial charge on any atom is -0.378 e. The average Bonchev–Trinajstić information content (AvgIpc) is 2.17. The molecule has 0 rings (SSSR count). The molecule has 1 nitrogen and oxygen atoms in total. The molecule has 0 aliphatic carbocycles. The van der Waals surface area contributed by atoms with Gasteiger partial charge in [-0.15, -0.1) is 12.4 Å². The second-order valence-electron chi connectivity index (χ2n) is 3.54. The molecular formula is C12H26ClN. The standard InChI is InChI=1S/C12H25N.ClH/c1-4-7-10-13(11-8-5-2)12-9-6-3;/h7,10H,4-6,8-9,11-12H2,1-3H3;1H. The maximum atomic E-state index is 2.45. The Morgan fingerprint density at radius 2 is 1.43 bits per heavy atom. The van der Waals surface area contributed by atoms with Gasteiger partial charge in [0.05, 0.1) is 0 Å². The summed E-state index contributed by atoms with van der Waals surface area (Å²) in [6, 6.07) is 0. The van der Waals surface area contributed by atoms with Crippen LogP contribution in [0.25, 0.3) is 0 Å². The summed E-state index contributed by atoms with van der Waals surface area (Å²) in [6.45, 7) is 9.15. The highest BCUT2D eigenvalue weighted by Crippen LogP contribution is 2.00. The molecule has 0 amide bonds. The third-order valence-corrected chi connectivity index (χ3v) is 2.15. The summed E-state index contributed by atoms with van der Waals surface area (Å²) in [5.74, 6) is 0. The van der Waals surface area contributed by atoms with Crippen molar-refractivity contribution < 1.29 is 0 Å². The van der Waals surface area contributed by atoms with Gasteiger partial charge in [0.1, 0.15) is 0 Å². The van der Waals surface area contributed by atoms with E-state index in [2.05, 4.69) is 37.9 Å². The monoisotopic (exact) mass is 219 g/mol. The van der Waals surface area contributed by atoms with E-state index in [1.165, 1.54) is 38.8 Å². The van der Waals surface area contributed by atoms with Gasteiger partial charge < -0.3 is 4.90 Å². The van der Waals surface area contributed by atoms with E-state index in [0.29, 0.717) is 0 Å². The molecule has 0 heterocycles. The Bertz CT molecular complexity index is 115. The zero-order chi connectivity index (χ0) is 9.94. The molecule has 0 aromatic rings. The van der Waals surface area contributed by atoms with Crippen LogP contribution in [0.5, 0.6) is 0 Å². The van der Waals surface area contributed by atoms with E-state index in [9.17, 15) is 0 Å². The van der Waals surface area contributed by atoms with Crippen molar-refractivity contribution in [2.75, 3.05) is 13.1 Å². The number of nitrogens with zero attached hydrogens (tertiary/aromatic N) is 1. The molecule has 14 heavy (non-hydrogen) atoms. The first kappa shape index (κ1) is 16.3. The summed E-state index contributed by atoms with van der Waals surface area (Å²) in [5.41, 5.74) is 0. The van der Waals surface area contributed by atoms with Crippen LogP contribution < -0.4 is 0 Å². The lowest BCUT2D eigenvalue weighted by molar-refractivity contribution is 0.359. The van der Waals surface area contributed by atoms with Crippen LogP contribution in [0.15, 0.2) is 12.3 Å². The molecule has 0 N–H and O–H groups in total. The minimum atomic E-state index is 0. The number of hydrogen-bond acceptors (Lipinski definition) is 1. The van der Waals surface area contributed by atoms with Crippen molar-refractivity contribution in [3.05, 3.63) is 12.3 Å². The summed E-state index contributed by atoms with van der Waals surface area (Å²) in [5, 5.41) is 0. The molecule has 0 spiro atoms. The fraction of sp³-hybridized carbons (Fsp3) is 0.833. The zero-order valence-corrected chi connectivity index (χ0v) is 10.8. The van der Waals surface area contributed by atoms with E-state index in [1.54, 1.807) is 0 Å². The second kappa shape index (κ2) is 12.8. The van der Waals surface area contributed by atoms with E-state index >= 15 is 0 Å². The van der Waals surface area contributed by atoms with Crippen LogP contribution in [0.1, 0.15) is 52.9 Å². The quantitative estimate of drug-likeness (QED) is 0.591. The minimum absolute atomic E-state index is 0. The second-order valence-corrected chi connectivity index (χ2v) is 3.54. The lowest BCUT2D eigenvalue weighted by Gasteiger charge is -2.19. The smallest absolute Gasteiger partial charge is 0.0172 e. The Labute approximate surface area is 96.0 Å². The van der Waals surface area contributed by atoms with Gasteiger partial charge in [0, 0.05) is 13.1 Å². The van der Waals surface area contributed by atoms with Gasteiger partial charge in [-0.25, -0.2) is 0 Å². The summed E-state index contributed by atoms with van der Waals surface area (Å²) in [4.78, 5) is 2.45. The van der Waals surface area contributed by atoms with Crippen molar-refractivity contribution in [2.45, 2.75) is 52.9 Å². The van der Waals surface area contributed by atoms with Crippen LogP contribution in [0.2, 0.25) is 0 Å². The number of hydrogen-bond donors (Lipinski definition) is 0. The molecule has 0 fully saturated rings. The highest BCUT2D eigenvalue weighted by atomic mass is 35.5. The number of rotatable bonds is 8. The normalized spacial score (nSPS) is 10.2. The summed E-state index contributed by atoms with van der Waals surface area (Å²) >= 11 is 0. The molecule has 0 unspecified atom stereocenters. The molecule has 0 aliphatic heterocycles. The molecule has 0 aromatic heterocycles. The van der Waals surface area contributed by atoms with Crippen LogP contribution >= 0.6 is 12.4 Å². The Hall–Kier alpha value is -0.170. The van der Waals surface area contributed by atoms with E-state index < -0.39 is 0 Å². The Balaban J connectivity index is 0. The summed E-state index contributed by atoms with van der Waals surface area (Å²) in [7, 11) is 0. The van der Waals surface area contributed by atoms with Gasteiger partial charge in [0.2, 0.25) is 0 Å². The molecule has 86 valence electrons. The maximum Gasteiger partial charge on any atom is 0.0172 e. The van der Waals surface area contributed by atoms with Gasteiger partial charge in [-0.3, -0.25) is 0 Å². The van der Waals surface area contributed by atoms with Gasteiger partial charge in [0.25, 0.3) is 0 Å². The molecular weight excluding hydrogens is 194 g/mol. The van der Waals surface area contributed by atoms with E-state index in [-0.39, 0.29) is 12.4 Å². The predicted octanol–water partition coefficient (Wildman–Crippen LogP) is 4.23. The Morgan fingerprint density at radius 3 is 1.79 bits per heavy atom. The van der Waals surface area contributed by atoms with Crippen molar-refractivity contribution in [1.82, 2.24) is 4.90 Å². The summed E-state index contributed by atoms with van der Waals surface area (Å²) in [6.07, 6.45) is 10.9. The van der Waals surface area contributed by atoms with Gasteiger partial charge >= 0.3 is 0 Å². The average molecular weight is 220 g/mol. The number of unbranched alkanes of at least 4 members (excludes halogenated alkanes) is 2.